The fourth-order valence-corrected chi connectivity index (χ4v) is 1.53. The molecule has 0 amide bonds. The van der Waals surface area contributed by atoms with E-state index in [1.54, 1.807) is 7.11 Å². The average Bonchev–Trinajstić information content (AvgIpc) is 2.17. The quantitative estimate of drug-likeness (QED) is 0.745. The van der Waals surface area contributed by atoms with Gasteiger partial charge in [-0.05, 0) is 36.8 Å². The molecule has 3 heteroatoms. The maximum absolute atomic E-state index is 5.65. The van der Waals surface area contributed by atoms with E-state index in [9.17, 15) is 0 Å². The molecular formula is C11H12N2O. The van der Waals surface area contributed by atoms with Gasteiger partial charge in [0.05, 0.1) is 12.6 Å². The summed E-state index contributed by atoms with van der Waals surface area (Å²) in [6.07, 6.45) is 0. The molecule has 3 nitrogen and oxygen atoms in total. The molecule has 1 aromatic heterocycles. The zero-order valence-electron chi connectivity index (χ0n) is 8.24. The van der Waals surface area contributed by atoms with Crippen molar-refractivity contribution in [3.63, 3.8) is 0 Å². The highest BCUT2D eigenvalue weighted by atomic mass is 16.5. The molecule has 14 heavy (non-hydrogen) atoms. The number of rotatable bonds is 1. The molecule has 0 spiro atoms. The maximum atomic E-state index is 5.65. The second kappa shape index (κ2) is 3.18. The first-order valence-corrected chi connectivity index (χ1v) is 4.41. The van der Waals surface area contributed by atoms with E-state index < -0.39 is 0 Å². The van der Waals surface area contributed by atoms with Crippen LogP contribution >= 0.6 is 0 Å². The Hall–Kier alpha value is -1.77. The summed E-state index contributed by atoms with van der Waals surface area (Å²) in [5, 5.41) is 1.08. The summed E-state index contributed by atoms with van der Waals surface area (Å²) in [5.41, 5.74) is 7.68. The maximum Gasteiger partial charge on any atom is 0.124 e. The summed E-state index contributed by atoms with van der Waals surface area (Å²) in [7, 11) is 1.65. The standard InChI is InChI=1S/C11H12N2O/c1-7-5-11(12)13-10-4-3-8(14-2)6-9(7)10/h3-6H,1-2H3,(H2,12,13). The number of aryl methyl sites for hydroxylation is 1. The molecule has 2 N–H and O–H groups in total. The molecule has 0 atom stereocenters. The lowest BCUT2D eigenvalue weighted by Gasteiger charge is -2.05. The molecular weight excluding hydrogens is 176 g/mol. The van der Waals surface area contributed by atoms with Crippen LogP contribution in [0.25, 0.3) is 10.9 Å². The van der Waals surface area contributed by atoms with Crippen LogP contribution in [-0.4, -0.2) is 12.1 Å². The van der Waals surface area contributed by atoms with Crippen molar-refractivity contribution in [2.45, 2.75) is 6.92 Å². The van der Waals surface area contributed by atoms with E-state index in [0.717, 1.165) is 22.2 Å². The highest BCUT2D eigenvalue weighted by Gasteiger charge is 2.01. The van der Waals surface area contributed by atoms with E-state index in [0.29, 0.717) is 5.82 Å². The van der Waals surface area contributed by atoms with Gasteiger partial charge in [0.2, 0.25) is 0 Å². The van der Waals surface area contributed by atoms with Crippen LogP contribution in [0.3, 0.4) is 0 Å². The van der Waals surface area contributed by atoms with E-state index >= 15 is 0 Å². The molecule has 0 unspecified atom stereocenters. The lowest BCUT2D eigenvalue weighted by atomic mass is 10.1. The lowest BCUT2D eigenvalue weighted by Crippen LogP contribution is -1.93. The number of hydrogen-bond acceptors (Lipinski definition) is 3. The summed E-state index contributed by atoms with van der Waals surface area (Å²) >= 11 is 0. The highest BCUT2D eigenvalue weighted by molar-refractivity contribution is 5.84. The number of anilines is 1. The topological polar surface area (TPSA) is 48.1 Å². The van der Waals surface area contributed by atoms with Crippen molar-refractivity contribution in [1.29, 1.82) is 0 Å². The molecule has 0 aliphatic carbocycles. The van der Waals surface area contributed by atoms with Gasteiger partial charge in [-0.2, -0.15) is 0 Å². The molecule has 0 fully saturated rings. The summed E-state index contributed by atoms with van der Waals surface area (Å²) < 4.78 is 5.15. The number of ether oxygens (including phenoxy) is 1. The average molecular weight is 188 g/mol. The molecule has 0 radical (unpaired) electrons. The Morgan fingerprint density at radius 1 is 1.29 bits per heavy atom. The second-order valence-corrected chi connectivity index (χ2v) is 3.25. The number of methoxy groups -OCH3 is 1. The van der Waals surface area contributed by atoms with Gasteiger partial charge < -0.3 is 10.5 Å². The zero-order valence-corrected chi connectivity index (χ0v) is 8.24. The molecule has 0 bridgehead atoms. The minimum absolute atomic E-state index is 0.556. The van der Waals surface area contributed by atoms with Crippen LogP contribution in [0, 0.1) is 6.92 Å². The summed E-state index contributed by atoms with van der Waals surface area (Å²) in [4.78, 5) is 4.23. The van der Waals surface area contributed by atoms with E-state index in [1.165, 1.54) is 0 Å². The predicted molar refractivity (Wildman–Crippen MR) is 57.4 cm³/mol. The van der Waals surface area contributed by atoms with E-state index in [4.69, 9.17) is 10.5 Å². The number of pyridine rings is 1. The Morgan fingerprint density at radius 3 is 2.79 bits per heavy atom. The second-order valence-electron chi connectivity index (χ2n) is 3.25. The Bertz CT molecular complexity index is 480. The van der Waals surface area contributed by atoms with Gasteiger partial charge >= 0.3 is 0 Å². The third kappa shape index (κ3) is 1.37. The monoisotopic (exact) mass is 188 g/mol. The van der Waals surface area contributed by atoms with Crippen LogP contribution in [-0.2, 0) is 0 Å². The number of nitrogens with zero attached hydrogens (tertiary/aromatic N) is 1. The van der Waals surface area contributed by atoms with E-state index in [1.807, 2.05) is 31.2 Å². The van der Waals surface area contributed by atoms with Gasteiger partial charge in [-0.25, -0.2) is 4.98 Å². The number of aromatic nitrogens is 1. The van der Waals surface area contributed by atoms with Crippen molar-refractivity contribution >= 4 is 16.7 Å². The van der Waals surface area contributed by atoms with Gasteiger partial charge in [0, 0.05) is 5.39 Å². The van der Waals surface area contributed by atoms with Crippen molar-refractivity contribution in [3.05, 3.63) is 29.8 Å². The molecule has 2 aromatic rings. The van der Waals surface area contributed by atoms with Crippen molar-refractivity contribution in [2.75, 3.05) is 12.8 Å². The van der Waals surface area contributed by atoms with Crippen LogP contribution in [0.2, 0.25) is 0 Å². The van der Waals surface area contributed by atoms with Gasteiger partial charge in [0.1, 0.15) is 11.6 Å². The van der Waals surface area contributed by atoms with E-state index in [-0.39, 0.29) is 0 Å². The molecule has 72 valence electrons. The first-order valence-electron chi connectivity index (χ1n) is 4.41. The summed E-state index contributed by atoms with van der Waals surface area (Å²) in [5.74, 6) is 1.40. The molecule has 0 aliphatic heterocycles. The SMILES string of the molecule is COc1ccc2nc(N)cc(C)c2c1. The van der Waals surface area contributed by atoms with Crippen LogP contribution in [0.1, 0.15) is 5.56 Å². The number of nitrogen functional groups attached to an aromatic ring is 1. The van der Waals surface area contributed by atoms with Crippen LogP contribution in [0.4, 0.5) is 5.82 Å². The minimum atomic E-state index is 0.556. The van der Waals surface area contributed by atoms with Gasteiger partial charge in [-0.15, -0.1) is 0 Å². The molecule has 0 aliphatic rings. The van der Waals surface area contributed by atoms with Crippen LogP contribution < -0.4 is 10.5 Å². The first kappa shape index (κ1) is 8.81. The normalized spacial score (nSPS) is 10.4. The summed E-state index contributed by atoms with van der Waals surface area (Å²) in [6.45, 7) is 2.01. The number of fused-ring (bicyclic) bond motifs is 1. The van der Waals surface area contributed by atoms with E-state index in [2.05, 4.69) is 4.98 Å². The highest BCUT2D eigenvalue weighted by Crippen LogP contribution is 2.23. The largest absolute Gasteiger partial charge is 0.497 e. The van der Waals surface area contributed by atoms with Crippen molar-refractivity contribution in [2.24, 2.45) is 0 Å². The van der Waals surface area contributed by atoms with Gasteiger partial charge in [-0.1, -0.05) is 0 Å². The van der Waals surface area contributed by atoms with Crippen molar-refractivity contribution in [1.82, 2.24) is 4.98 Å². The Labute approximate surface area is 82.5 Å². The predicted octanol–water partition coefficient (Wildman–Crippen LogP) is 2.13. The van der Waals surface area contributed by atoms with Crippen molar-refractivity contribution in [3.8, 4) is 5.75 Å². The first-order chi connectivity index (χ1) is 6.70. The Morgan fingerprint density at radius 2 is 2.07 bits per heavy atom. The fraction of sp³-hybridized carbons (Fsp3) is 0.182. The van der Waals surface area contributed by atoms with Crippen molar-refractivity contribution < 1.29 is 4.74 Å². The number of benzene rings is 1. The smallest absolute Gasteiger partial charge is 0.124 e. The molecule has 2 rings (SSSR count). The Kier molecular flexibility index (Phi) is 2.00. The third-order valence-electron chi connectivity index (χ3n) is 2.24. The lowest BCUT2D eigenvalue weighted by molar-refractivity contribution is 0.415. The number of hydrogen-bond donors (Lipinski definition) is 1. The third-order valence-corrected chi connectivity index (χ3v) is 2.24. The molecule has 0 saturated heterocycles. The fourth-order valence-electron chi connectivity index (χ4n) is 1.53. The van der Waals surface area contributed by atoms with Gasteiger partial charge in [0.15, 0.2) is 0 Å². The Balaban J connectivity index is 2.75. The molecule has 1 heterocycles. The van der Waals surface area contributed by atoms with Crippen LogP contribution in [0.15, 0.2) is 24.3 Å². The number of nitrogens with two attached hydrogens (primary N) is 1. The van der Waals surface area contributed by atoms with Crippen LogP contribution in [0.5, 0.6) is 5.75 Å². The molecule has 0 saturated carbocycles. The van der Waals surface area contributed by atoms with Gasteiger partial charge in [-0.3, -0.25) is 0 Å². The zero-order chi connectivity index (χ0) is 10.1. The van der Waals surface area contributed by atoms with Gasteiger partial charge in [0.25, 0.3) is 0 Å². The minimum Gasteiger partial charge on any atom is -0.497 e. The summed E-state index contributed by atoms with van der Waals surface area (Å²) in [6, 6.07) is 7.63. The molecule has 1 aromatic carbocycles.